The van der Waals surface area contributed by atoms with Crippen LogP contribution in [0.2, 0.25) is 0 Å². The third-order valence-electron chi connectivity index (χ3n) is 24.1. The molecule has 35 heteroatoms. The van der Waals surface area contributed by atoms with Crippen molar-refractivity contribution in [1.29, 1.82) is 0 Å². The van der Waals surface area contributed by atoms with Gasteiger partial charge in [0.15, 0.2) is 43.5 Å². The molecule has 0 spiro atoms. The Hall–Kier alpha value is -1.66. The molecule has 11 fully saturated rings. The lowest BCUT2D eigenvalue weighted by Crippen LogP contribution is -2.69. The molecule has 0 unspecified atom stereocenters. The molecule has 0 amide bonds. The molecule has 11 rings (SSSR count). The van der Waals surface area contributed by atoms with E-state index >= 15 is 0 Å². The molecule has 0 aromatic heterocycles. The zero-order valence-electron chi connectivity index (χ0n) is 54.7. The topological polar surface area (TPSA) is 565 Å². The summed E-state index contributed by atoms with van der Waals surface area (Å²) in [5.74, 6) is -0.991. The number of hydrogen-bond acceptors (Lipinski definition) is 35. The second-order valence-electron chi connectivity index (χ2n) is 29.6. The molecule has 0 aromatic carbocycles. The SMILES string of the molecule is C=C(CC[C@@]1(O)O[C@H]2C[C@H]3[C@@H]4CC[C@H]5C[C@@H](O[C@@H]6O[C@H](CO)[C@H](O[C@@H]7O[C@H](CO)[C@@H](O)[C@H](O[C@@H]8O[C@H](CO)[C@@H](O)[C@H](O)[C@H]8O)[C@H]7O[C@@H]7O[C@H](CO)[C@@H](O)[C@H](O[C@@H]8O[C@H](CO)[C@@H](O)[C@H](O)[C@H]8O)[C@H]7O)[C@H](O)[C@H]6O)[C@H](O)C[C@]5(C)[C@H]4CC[C@]3(C)[C@H]2[C@@H]1C)CO[C@@H]1O[C@H](CO)[C@@H](O)[C@H](O)[C@H]1O. The number of aliphatic hydroxyl groups excluding tert-OH is 21. The van der Waals surface area contributed by atoms with Gasteiger partial charge in [-0.1, -0.05) is 32.9 Å². The molecule has 0 bridgehead atoms. The minimum atomic E-state index is -2.27. The summed E-state index contributed by atoms with van der Waals surface area (Å²) in [6, 6.07) is 0. The van der Waals surface area contributed by atoms with E-state index in [9.17, 15) is 112 Å². The van der Waals surface area contributed by atoms with Crippen LogP contribution in [0.25, 0.3) is 0 Å². The number of aliphatic hydroxyl groups is 22. The molecule has 22 N–H and O–H groups in total. The van der Waals surface area contributed by atoms with Gasteiger partial charge in [-0.25, -0.2) is 0 Å². The average Bonchev–Trinajstić information content (AvgIpc) is 1.41. The summed E-state index contributed by atoms with van der Waals surface area (Å²) in [5, 5.41) is 240. The lowest BCUT2D eigenvalue weighted by atomic mass is 9.44. The zero-order valence-corrected chi connectivity index (χ0v) is 54.7. The summed E-state index contributed by atoms with van der Waals surface area (Å²) in [6.45, 7) is 5.02. The largest absolute Gasteiger partial charge is 0.394 e. The first-order valence-corrected chi connectivity index (χ1v) is 34.2. The summed E-state index contributed by atoms with van der Waals surface area (Å²) in [7, 11) is 0. The Labute approximate surface area is 564 Å². The number of ether oxygens (including phenoxy) is 13. The average molecular weight is 1420 g/mol. The zero-order chi connectivity index (χ0) is 71.1. The van der Waals surface area contributed by atoms with Gasteiger partial charge in [0.1, 0.15) is 146 Å². The van der Waals surface area contributed by atoms with Crippen molar-refractivity contribution in [2.75, 3.05) is 46.2 Å². The van der Waals surface area contributed by atoms with Crippen LogP contribution in [0.3, 0.4) is 0 Å². The maximum atomic E-state index is 12.2. The molecule has 98 heavy (non-hydrogen) atoms. The van der Waals surface area contributed by atoms with Gasteiger partial charge in [0.05, 0.1) is 64.6 Å². The molecule has 4 saturated carbocycles. The summed E-state index contributed by atoms with van der Waals surface area (Å²) in [5.41, 5.74) is 0.00278. The fourth-order valence-corrected chi connectivity index (χ4v) is 18.5. The van der Waals surface area contributed by atoms with Gasteiger partial charge >= 0.3 is 0 Å². The van der Waals surface area contributed by atoms with Crippen LogP contribution >= 0.6 is 0 Å². The molecule has 0 radical (unpaired) electrons. The highest BCUT2D eigenvalue weighted by atomic mass is 16.8. The molecule has 7 saturated heterocycles. The van der Waals surface area contributed by atoms with E-state index in [0.29, 0.717) is 24.8 Å². The quantitative estimate of drug-likeness (QED) is 0.0353. The smallest absolute Gasteiger partial charge is 0.187 e. The van der Waals surface area contributed by atoms with Crippen molar-refractivity contribution < 1.29 is 174 Å². The predicted octanol–water partition coefficient (Wildman–Crippen LogP) is -9.42. The van der Waals surface area contributed by atoms with Crippen molar-refractivity contribution >= 4 is 0 Å². The maximum absolute atomic E-state index is 12.2. The van der Waals surface area contributed by atoms with Crippen molar-refractivity contribution in [2.45, 2.75) is 287 Å². The van der Waals surface area contributed by atoms with Crippen molar-refractivity contribution in [1.82, 2.24) is 0 Å². The third-order valence-corrected chi connectivity index (χ3v) is 24.1. The molecule has 7 aliphatic heterocycles. The van der Waals surface area contributed by atoms with Gasteiger partial charge < -0.3 is 174 Å². The van der Waals surface area contributed by atoms with Crippen LogP contribution in [-0.2, 0) is 61.6 Å². The standard InChI is InChI=1S/C63H104O35/c1-21(20-86-55-46(80)42(76)37(71)30(14-64)88-55)7-10-63(85)22(2)36-29(98-63)12-26-24-6-5-23-11-28(27(70)13-62(23,4)25(24)8-9-61(26,36)3)87-56-49(83)45(79)51(35(19-69)93-56)94-60-54(53(41(75)34(18-68)92-60)96-58-48(82)44(78)39(73)32(16-66)90-58)97-59-50(84)52(40(74)33(17-67)91-59)95-57-47(81)43(77)38(72)31(15-65)89-57/h22-60,64-85H,1,5-20H2,2-4H3/t22-,23-,24+,25-,26-,27+,28+,29-,30+,31+,32+,33+,34+,35+,36-,37+,38+,39+,40+,41+,42-,43-,44-,45+,46+,47+,48+,49+,50+,51-,52-,53-,54+,55+,56+,57-,58-,59-,60-,61-,62-,63+/m0/s1. The first-order valence-electron chi connectivity index (χ1n) is 34.2. The van der Waals surface area contributed by atoms with Crippen LogP contribution in [0.15, 0.2) is 12.2 Å². The van der Waals surface area contributed by atoms with Crippen LogP contribution < -0.4 is 0 Å². The van der Waals surface area contributed by atoms with E-state index < -0.39 is 242 Å². The van der Waals surface area contributed by atoms with Crippen LogP contribution in [0.1, 0.15) is 78.6 Å². The second-order valence-corrected chi connectivity index (χ2v) is 29.6. The first-order chi connectivity index (χ1) is 46.4. The molecule has 11 aliphatic rings. The van der Waals surface area contributed by atoms with Crippen LogP contribution in [0, 0.1) is 46.3 Å². The highest BCUT2D eigenvalue weighted by Gasteiger charge is 2.69. The summed E-state index contributed by atoms with van der Waals surface area (Å²) >= 11 is 0. The predicted molar refractivity (Wildman–Crippen MR) is 318 cm³/mol. The van der Waals surface area contributed by atoms with E-state index in [-0.39, 0.29) is 65.5 Å². The Kier molecular flexibility index (Phi) is 24.5. The summed E-state index contributed by atoms with van der Waals surface area (Å²) in [4.78, 5) is 0. The van der Waals surface area contributed by atoms with Gasteiger partial charge in [0, 0.05) is 12.3 Å². The van der Waals surface area contributed by atoms with Gasteiger partial charge in [-0.3, -0.25) is 0 Å². The monoisotopic (exact) mass is 1420 g/mol. The molecular formula is C63H104O35. The maximum Gasteiger partial charge on any atom is 0.187 e. The molecule has 4 aliphatic carbocycles. The highest BCUT2D eigenvalue weighted by molar-refractivity contribution is 5.16. The van der Waals surface area contributed by atoms with Crippen molar-refractivity contribution in [3.05, 3.63) is 12.2 Å². The Bertz CT molecular complexity index is 2600. The Morgan fingerprint density at radius 3 is 1.45 bits per heavy atom. The fraction of sp³-hybridized carbons (Fsp3) is 0.968. The van der Waals surface area contributed by atoms with Crippen molar-refractivity contribution in [3.8, 4) is 0 Å². The van der Waals surface area contributed by atoms with E-state index in [1.807, 2.05) is 6.92 Å². The fourth-order valence-electron chi connectivity index (χ4n) is 18.5. The second kappa shape index (κ2) is 31.0. The molecule has 35 nitrogen and oxygen atoms in total. The van der Waals surface area contributed by atoms with E-state index in [2.05, 4.69) is 20.4 Å². The van der Waals surface area contributed by atoms with Crippen molar-refractivity contribution in [2.24, 2.45) is 46.3 Å². The van der Waals surface area contributed by atoms with Crippen LogP contribution in [0.5, 0.6) is 0 Å². The van der Waals surface area contributed by atoms with Gasteiger partial charge in [-0.2, -0.15) is 0 Å². The lowest BCUT2D eigenvalue weighted by molar-refractivity contribution is -0.412. The van der Waals surface area contributed by atoms with Gasteiger partial charge in [0.2, 0.25) is 0 Å². The van der Waals surface area contributed by atoms with Gasteiger partial charge in [0.25, 0.3) is 0 Å². The van der Waals surface area contributed by atoms with Crippen LogP contribution in [-0.4, -0.2) is 367 Å². The Morgan fingerprint density at radius 2 is 0.888 bits per heavy atom. The van der Waals surface area contributed by atoms with E-state index in [4.69, 9.17) is 61.6 Å². The molecule has 0 aromatic rings. The van der Waals surface area contributed by atoms with Crippen molar-refractivity contribution in [3.63, 3.8) is 0 Å². The lowest BCUT2D eigenvalue weighted by Gasteiger charge is -2.62. The number of hydrogen-bond donors (Lipinski definition) is 22. The normalized spacial score (nSPS) is 55.1. The highest BCUT2D eigenvalue weighted by Crippen LogP contribution is 2.71. The Balaban J connectivity index is 0.753. The minimum absolute atomic E-state index is 0.0151. The molecule has 7 heterocycles. The van der Waals surface area contributed by atoms with Crippen LogP contribution in [0.4, 0.5) is 0 Å². The van der Waals surface area contributed by atoms with E-state index in [1.54, 1.807) is 0 Å². The van der Waals surface area contributed by atoms with E-state index in [1.165, 1.54) is 0 Å². The number of fused-ring (bicyclic) bond motifs is 7. The summed E-state index contributed by atoms with van der Waals surface area (Å²) in [6.07, 6.45) is -53.4. The number of rotatable bonds is 22. The Morgan fingerprint density at radius 1 is 0.439 bits per heavy atom. The van der Waals surface area contributed by atoms with E-state index in [0.717, 1.165) is 32.1 Å². The third kappa shape index (κ3) is 14.2. The minimum Gasteiger partial charge on any atom is -0.394 e. The molecule has 42 atom stereocenters. The molecular weight excluding hydrogens is 1320 g/mol. The molecule has 566 valence electrons. The first kappa shape index (κ1) is 77.4. The van der Waals surface area contributed by atoms with Gasteiger partial charge in [-0.15, -0.1) is 0 Å². The van der Waals surface area contributed by atoms with Gasteiger partial charge in [-0.05, 0) is 91.8 Å². The summed E-state index contributed by atoms with van der Waals surface area (Å²) < 4.78 is 77.5.